The highest BCUT2D eigenvalue weighted by Gasteiger charge is 2.16. The molecule has 1 aliphatic rings. The average molecular weight is 380 g/mol. The van der Waals surface area contributed by atoms with E-state index < -0.39 is 0 Å². The molecule has 1 saturated heterocycles. The van der Waals surface area contributed by atoms with Crippen LogP contribution in [0.5, 0.6) is 0 Å². The lowest BCUT2D eigenvalue weighted by Gasteiger charge is -2.21. The van der Waals surface area contributed by atoms with Gasteiger partial charge in [0, 0.05) is 37.6 Å². The summed E-state index contributed by atoms with van der Waals surface area (Å²) >= 11 is 6.02. The first-order valence-electron chi connectivity index (χ1n) is 9.59. The zero-order chi connectivity index (χ0) is 18.8. The number of carbonyl (C=O) groups excluding carboxylic acids is 2. The smallest absolute Gasteiger partial charge is 0.234 e. The molecule has 0 aromatic heterocycles. The molecule has 1 aliphatic heterocycles. The molecule has 2 rings (SSSR count). The third-order valence-corrected chi connectivity index (χ3v) is 4.94. The number of carbonyl (C=O) groups is 2. The highest BCUT2D eigenvalue weighted by Crippen LogP contribution is 2.13. The van der Waals surface area contributed by atoms with Gasteiger partial charge in [0.1, 0.15) is 0 Å². The molecule has 1 heterocycles. The van der Waals surface area contributed by atoms with Crippen molar-refractivity contribution in [3.63, 3.8) is 0 Å². The minimum Gasteiger partial charge on any atom is -0.355 e. The van der Waals surface area contributed by atoms with Gasteiger partial charge in [-0.3, -0.25) is 14.5 Å². The number of hydrogen-bond acceptors (Lipinski definition) is 3. The van der Waals surface area contributed by atoms with Crippen molar-refractivity contribution in [1.82, 2.24) is 15.1 Å². The lowest BCUT2D eigenvalue weighted by Crippen LogP contribution is -2.38. The molecule has 5 nitrogen and oxygen atoms in total. The molecule has 0 atom stereocenters. The minimum absolute atomic E-state index is 0.0241. The first-order chi connectivity index (χ1) is 12.6. The predicted octanol–water partition coefficient (Wildman–Crippen LogP) is 3.07. The Kier molecular flexibility index (Phi) is 8.92. The van der Waals surface area contributed by atoms with Gasteiger partial charge in [0.15, 0.2) is 0 Å². The molecule has 0 spiro atoms. The van der Waals surface area contributed by atoms with Crippen LogP contribution in [0.25, 0.3) is 0 Å². The molecular formula is C20H30ClN3O2. The average Bonchev–Trinajstić information content (AvgIpc) is 2.82. The normalized spacial score (nSPS) is 15.2. The van der Waals surface area contributed by atoms with E-state index in [2.05, 4.69) is 10.2 Å². The molecule has 0 radical (unpaired) electrons. The largest absolute Gasteiger partial charge is 0.355 e. The van der Waals surface area contributed by atoms with Crippen molar-refractivity contribution in [2.24, 2.45) is 0 Å². The van der Waals surface area contributed by atoms with Crippen LogP contribution >= 0.6 is 11.6 Å². The Bertz CT molecular complexity index is 594. The van der Waals surface area contributed by atoms with Crippen LogP contribution in [0.3, 0.4) is 0 Å². The van der Waals surface area contributed by atoms with Crippen LogP contribution in [0.4, 0.5) is 0 Å². The number of benzene rings is 1. The summed E-state index contributed by atoms with van der Waals surface area (Å²) in [5.41, 5.74) is 1.10. The lowest BCUT2D eigenvalue weighted by atomic mass is 10.2. The number of nitrogens with zero attached hydrogens (tertiary/aromatic N) is 2. The summed E-state index contributed by atoms with van der Waals surface area (Å²) in [4.78, 5) is 28.2. The van der Waals surface area contributed by atoms with Crippen molar-refractivity contribution >= 4 is 23.4 Å². The number of likely N-dealkylation sites (N-methyl/N-ethyl adjacent to an activating group) is 1. The van der Waals surface area contributed by atoms with Gasteiger partial charge in [-0.1, -0.05) is 37.1 Å². The Morgan fingerprint density at radius 2 is 2.15 bits per heavy atom. The fraction of sp³-hybridized carbons (Fsp3) is 0.600. The summed E-state index contributed by atoms with van der Waals surface area (Å²) in [7, 11) is 0. The van der Waals surface area contributed by atoms with Crippen molar-refractivity contribution in [2.75, 3.05) is 32.7 Å². The van der Waals surface area contributed by atoms with Crippen LogP contribution in [-0.2, 0) is 16.1 Å². The van der Waals surface area contributed by atoms with Gasteiger partial charge in [0.05, 0.1) is 6.54 Å². The number of amides is 2. The first-order valence-corrected chi connectivity index (χ1v) is 9.97. The van der Waals surface area contributed by atoms with Gasteiger partial charge in [-0.2, -0.15) is 0 Å². The summed E-state index contributed by atoms with van der Waals surface area (Å²) in [6, 6.07) is 7.73. The Labute approximate surface area is 161 Å². The van der Waals surface area contributed by atoms with Crippen molar-refractivity contribution in [3.8, 4) is 0 Å². The van der Waals surface area contributed by atoms with E-state index in [9.17, 15) is 9.59 Å². The van der Waals surface area contributed by atoms with E-state index in [4.69, 9.17) is 11.6 Å². The molecule has 1 aromatic carbocycles. The van der Waals surface area contributed by atoms with Crippen LogP contribution in [-0.4, -0.2) is 54.3 Å². The molecule has 6 heteroatoms. The quantitative estimate of drug-likeness (QED) is 0.671. The maximum atomic E-state index is 12.2. The summed E-state index contributed by atoms with van der Waals surface area (Å²) in [5, 5.41) is 3.68. The molecule has 144 valence electrons. The second-order valence-electron chi connectivity index (χ2n) is 6.83. The van der Waals surface area contributed by atoms with Crippen LogP contribution in [0.2, 0.25) is 5.02 Å². The molecule has 1 N–H and O–H groups in total. The Balaban J connectivity index is 1.67. The standard InChI is InChI=1S/C20H30ClN3O2/c1-2-23(15-17-8-6-9-18(21)14-17)16-19(25)22-11-7-13-24-12-5-3-4-10-20(24)26/h6,8-9,14H,2-5,7,10-13,15-16H2,1H3,(H,22,25). The Morgan fingerprint density at radius 3 is 2.92 bits per heavy atom. The highest BCUT2D eigenvalue weighted by molar-refractivity contribution is 6.30. The van der Waals surface area contributed by atoms with E-state index in [1.54, 1.807) is 0 Å². The zero-order valence-corrected chi connectivity index (χ0v) is 16.4. The lowest BCUT2D eigenvalue weighted by molar-refractivity contribution is -0.130. The number of likely N-dealkylation sites (tertiary alicyclic amines) is 1. The SMILES string of the molecule is CCN(CC(=O)NCCCN1CCCCCC1=O)Cc1cccc(Cl)c1. The van der Waals surface area contributed by atoms with Crippen molar-refractivity contribution in [1.29, 1.82) is 0 Å². The highest BCUT2D eigenvalue weighted by atomic mass is 35.5. The number of nitrogens with one attached hydrogen (secondary N) is 1. The molecule has 0 saturated carbocycles. The van der Waals surface area contributed by atoms with Gasteiger partial charge in [0.25, 0.3) is 0 Å². The molecule has 2 amide bonds. The van der Waals surface area contributed by atoms with Crippen LogP contribution < -0.4 is 5.32 Å². The number of hydrogen-bond donors (Lipinski definition) is 1. The van der Waals surface area contributed by atoms with Gasteiger partial charge < -0.3 is 10.2 Å². The summed E-state index contributed by atoms with van der Waals surface area (Å²) in [6.07, 6.45) is 4.70. The van der Waals surface area contributed by atoms with Gasteiger partial charge in [-0.05, 0) is 43.5 Å². The molecule has 1 aromatic rings. The Hall–Kier alpha value is -1.59. The van der Waals surface area contributed by atoms with Gasteiger partial charge in [-0.15, -0.1) is 0 Å². The topological polar surface area (TPSA) is 52.7 Å². The van der Waals surface area contributed by atoms with Gasteiger partial charge >= 0.3 is 0 Å². The third kappa shape index (κ3) is 7.34. The maximum Gasteiger partial charge on any atom is 0.234 e. The van der Waals surface area contributed by atoms with Crippen molar-refractivity contribution in [3.05, 3.63) is 34.9 Å². The van der Waals surface area contributed by atoms with Gasteiger partial charge in [-0.25, -0.2) is 0 Å². The van der Waals surface area contributed by atoms with Crippen LogP contribution in [0.1, 0.15) is 44.6 Å². The number of halogens is 1. The minimum atomic E-state index is 0.0241. The molecule has 0 bridgehead atoms. The van der Waals surface area contributed by atoms with Crippen molar-refractivity contribution < 1.29 is 9.59 Å². The van der Waals surface area contributed by atoms with E-state index in [0.717, 1.165) is 50.9 Å². The van der Waals surface area contributed by atoms with E-state index >= 15 is 0 Å². The third-order valence-electron chi connectivity index (χ3n) is 4.71. The molecule has 0 aliphatic carbocycles. The summed E-state index contributed by atoms with van der Waals surface area (Å²) in [6.45, 7) is 6.11. The van der Waals surface area contributed by atoms with E-state index in [1.807, 2.05) is 36.1 Å². The number of rotatable bonds is 9. The Morgan fingerprint density at radius 1 is 1.31 bits per heavy atom. The predicted molar refractivity (Wildman–Crippen MR) is 105 cm³/mol. The fourth-order valence-electron chi connectivity index (χ4n) is 3.20. The monoisotopic (exact) mass is 379 g/mol. The fourth-order valence-corrected chi connectivity index (χ4v) is 3.42. The van der Waals surface area contributed by atoms with E-state index in [0.29, 0.717) is 31.1 Å². The maximum absolute atomic E-state index is 12.2. The second kappa shape index (κ2) is 11.2. The summed E-state index contributed by atoms with van der Waals surface area (Å²) in [5.74, 6) is 0.281. The molecule has 0 unspecified atom stereocenters. The van der Waals surface area contributed by atoms with E-state index in [1.165, 1.54) is 0 Å². The van der Waals surface area contributed by atoms with E-state index in [-0.39, 0.29) is 11.8 Å². The van der Waals surface area contributed by atoms with Crippen molar-refractivity contribution in [2.45, 2.75) is 45.6 Å². The first kappa shape index (κ1) is 20.7. The van der Waals surface area contributed by atoms with Crippen LogP contribution in [0.15, 0.2) is 24.3 Å². The van der Waals surface area contributed by atoms with Crippen LogP contribution in [0, 0.1) is 0 Å². The molecular weight excluding hydrogens is 350 g/mol. The zero-order valence-electron chi connectivity index (χ0n) is 15.7. The van der Waals surface area contributed by atoms with Gasteiger partial charge in [0.2, 0.25) is 11.8 Å². The second-order valence-corrected chi connectivity index (χ2v) is 7.26. The molecule has 26 heavy (non-hydrogen) atoms. The summed E-state index contributed by atoms with van der Waals surface area (Å²) < 4.78 is 0. The molecule has 1 fully saturated rings.